The molecule has 1 aliphatic rings. The first-order valence-corrected chi connectivity index (χ1v) is 7.60. The molecule has 0 radical (unpaired) electrons. The summed E-state index contributed by atoms with van der Waals surface area (Å²) in [4.78, 5) is 14.0. The summed E-state index contributed by atoms with van der Waals surface area (Å²) >= 11 is 0. The average Bonchev–Trinajstić information content (AvgIpc) is 2.45. The summed E-state index contributed by atoms with van der Waals surface area (Å²) in [7, 11) is 0. The number of hydrogen-bond acceptors (Lipinski definition) is 2. The number of nitrogens with zero attached hydrogens (tertiary/aromatic N) is 1. The zero-order valence-corrected chi connectivity index (χ0v) is 12.7. The lowest BCUT2D eigenvalue weighted by Crippen LogP contribution is -2.35. The molecule has 0 spiro atoms. The van der Waals surface area contributed by atoms with Crippen LogP contribution in [0.4, 0.5) is 0 Å². The van der Waals surface area contributed by atoms with Gasteiger partial charge in [-0.15, -0.1) is 0 Å². The molecule has 110 valence electrons. The van der Waals surface area contributed by atoms with E-state index < -0.39 is 6.10 Å². The first kappa shape index (κ1) is 15.0. The Kier molecular flexibility index (Phi) is 4.81. The minimum Gasteiger partial charge on any atom is -0.388 e. The van der Waals surface area contributed by atoms with Crippen LogP contribution in [-0.4, -0.2) is 22.5 Å². The molecular weight excluding hydrogens is 250 g/mol. The zero-order valence-electron chi connectivity index (χ0n) is 12.7. The van der Waals surface area contributed by atoms with Crippen LogP contribution >= 0.6 is 0 Å². The van der Waals surface area contributed by atoms with Crippen molar-refractivity contribution in [3.63, 3.8) is 0 Å². The molecular formula is C17H25NO2. The molecule has 0 saturated heterocycles. The lowest BCUT2D eigenvalue weighted by molar-refractivity contribution is -0.132. The van der Waals surface area contributed by atoms with Crippen LogP contribution in [-0.2, 0) is 17.8 Å². The summed E-state index contributed by atoms with van der Waals surface area (Å²) < 4.78 is 0. The highest BCUT2D eigenvalue weighted by Crippen LogP contribution is 2.27. The maximum atomic E-state index is 12.0. The Labute approximate surface area is 121 Å². The quantitative estimate of drug-likeness (QED) is 0.917. The van der Waals surface area contributed by atoms with E-state index in [1.807, 2.05) is 31.7 Å². The van der Waals surface area contributed by atoms with Crippen LogP contribution in [0.5, 0.6) is 0 Å². The number of hydrogen-bond donors (Lipinski definition) is 1. The number of carbonyl (C=O) groups excluding carboxylic acids is 1. The molecule has 1 heterocycles. The number of aliphatic hydroxyl groups excluding tert-OH is 1. The van der Waals surface area contributed by atoms with Gasteiger partial charge in [-0.2, -0.15) is 0 Å². The van der Waals surface area contributed by atoms with Gasteiger partial charge >= 0.3 is 0 Å². The number of rotatable bonds is 4. The third-order valence-corrected chi connectivity index (χ3v) is 4.03. The number of aliphatic hydroxyl groups is 1. The molecule has 1 unspecified atom stereocenters. The van der Waals surface area contributed by atoms with E-state index in [2.05, 4.69) is 12.1 Å². The van der Waals surface area contributed by atoms with Crippen molar-refractivity contribution in [2.24, 2.45) is 5.92 Å². The van der Waals surface area contributed by atoms with Crippen molar-refractivity contribution >= 4 is 5.91 Å². The van der Waals surface area contributed by atoms with Crippen LogP contribution in [0.1, 0.15) is 56.4 Å². The smallest absolute Gasteiger partial charge is 0.222 e. The molecule has 0 saturated carbocycles. The van der Waals surface area contributed by atoms with Gasteiger partial charge in [0.15, 0.2) is 0 Å². The standard InChI is InChI=1S/C17H25NO2/c1-4-5-16(19)18-9-8-13-6-7-14(10-15(13)11-18)17(20)12(2)3/h6-7,10,12,17,20H,4-5,8-9,11H2,1-3H3. The molecule has 1 atom stereocenters. The lowest BCUT2D eigenvalue weighted by Gasteiger charge is -2.30. The predicted molar refractivity (Wildman–Crippen MR) is 80.3 cm³/mol. The third kappa shape index (κ3) is 3.21. The average molecular weight is 275 g/mol. The Balaban J connectivity index is 2.17. The normalized spacial score (nSPS) is 16.1. The van der Waals surface area contributed by atoms with E-state index >= 15 is 0 Å². The summed E-state index contributed by atoms with van der Waals surface area (Å²) in [5.74, 6) is 0.447. The highest BCUT2D eigenvalue weighted by molar-refractivity contribution is 5.76. The predicted octanol–water partition coefficient (Wildman–Crippen LogP) is 3.06. The van der Waals surface area contributed by atoms with Crippen molar-refractivity contribution in [3.8, 4) is 0 Å². The second-order valence-electron chi connectivity index (χ2n) is 6.03. The van der Waals surface area contributed by atoms with Gasteiger partial charge in [0, 0.05) is 19.5 Å². The summed E-state index contributed by atoms with van der Waals surface area (Å²) in [6.07, 6.45) is 2.02. The van der Waals surface area contributed by atoms with Gasteiger partial charge in [0.25, 0.3) is 0 Å². The maximum Gasteiger partial charge on any atom is 0.222 e. The SMILES string of the molecule is CCCC(=O)N1CCc2ccc(C(O)C(C)C)cc2C1. The van der Waals surface area contributed by atoms with E-state index in [0.29, 0.717) is 13.0 Å². The monoisotopic (exact) mass is 275 g/mol. The maximum absolute atomic E-state index is 12.0. The Morgan fingerprint density at radius 3 is 2.75 bits per heavy atom. The summed E-state index contributed by atoms with van der Waals surface area (Å²) in [5, 5.41) is 10.2. The van der Waals surface area contributed by atoms with Crippen LogP contribution in [0.2, 0.25) is 0 Å². The first-order valence-electron chi connectivity index (χ1n) is 7.60. The topological polar surface area (TPSA) is 40.5 Å². The van der Waals surface area contributed by atoms with Gasteiger partial charge < -0.3 is 10.0 Å². The van der Waals surface area contributed by atoms with E-state index in [0.717, 1.165) is 24.9 Å². The van der Waals surface area contributed by atoms with Gasteiger partial charge in [-0.1, -0.05) is 39.0 Å². The Bertz CT molecular complexity index is 482. The van der Waals surface area contributed by atoms with Gasteiger partial charge in [-0.3, -0.25) is 4.79 Å². The van der Waals surface area contributed by atoms with Crippen molar-refractivity contribution in [1.82, 2.24) is 4.90 Å². The molecule has 3 heteroatoms. The highest BCUT2D eigenvalue weighted by atomic mass is 16.3. The molecule has 0 fully saturated rings. The Hall–Kier alpha value is -1.35. The fraction of sp³-hybridized carbons (Fsp3) is 0.588. The van der Waals surface area contributed by atoms with Gasteiger partial charge in [-0.05, 0) is 35.4 Å². The number of fused-ring (bicyclic) bond motifs is 1. The van der Waals surface area contributed by atoms with Gasteiger partial charge in [0.2, 0.25) is 5.91 Å². The third-order valence-electron chi connectivity index (χ3n) is 4.03. The summed E-state index contributed by atoms with van der Waals surface area (Å²) in [6.45, 7) is 7.57. The van der Waals surface area contributed by atoms with E-state index in [1.54, 1.807) is 0 Å². The Morgan fingerprint density at radius 2 is 2.10 bits per heavy atom. The second kappa shape index (κ2) is 6.40. The van der Waals surface area contributed by atoms with E-state index in [-0.39, 0.29) is 11.8 Å². The molecule has 0 aliphatic carbocycles. The van der Waals surface area contributed by atoms with Crippen LogP contribution in [0.25, 0.3) is 0 Å². The highest BCUT2D eigenvalue weighted by Gasteiger charge is 2.21. The van der Waals surface area contributed by atoms with E-state index in [9.17, 15) is 9.90 Å². The number of benzene rings is 1. The summed E-state index contributed by atoms with van der Waals surface area (Å²) in [6, 6.07) is 6.20. The molecule has 20 heavy (non-hydrogen) atoms. The van der Waals surface area contributed by atoms with Crippen molar-refractivity contribution in [1.29, 1.82) is 0 Å². The molecule has 1 aromatic rings. The van der Waals surface area contributed by atoms with Crippen LogP contribution < -0.4 is 0 Å². The van der Waals surface area contributed by atoms with Gasteiger partial charge in [0.1, 0.15) is 0 Å². The van der Waals surface area contributed by atoms with Crippen LogP contribution in [0.15, 0.2) is 18.2 Å². The van der Waals surface area contributed by atoms with E-state index in [1.165, 1.54) is 11.1 Å². The number of amides is 1. The van der Waals surface area contributed by atoms with Crippen molar-refractivity contribution in [3.05, 3.63) is 34.9 Å². The zero-order chi connectivity index (χ0) is 14.7. The molecule has 1 amide bonds. The first-order chi connectivity index (χ1) is 9.52. The van der Waals surface area contributed by atoms with Crippen LogP contribution in [0.3, 0.4) is 0 Å². The minimum atomic E-state index is -0.429. The van der Waals surface area contributed by atoms with E-state index in [4.69, 9.17) is 0 Å². The van der Waals surface area contributed by atoms with Crippen LogP contribution in [0, 0.1) is 5.92 Å². The molecule has 1 aromatic carbocycles. The van der Waals surface area contributed by atoms with Crippen molar-refractivity contribution < 1.29 is 9.90 Å². The molecule has 0 bridgehead atoms. The molecule has 1 N–H and O–H groups in total. The number of carbonyl (C=O) groups is 1. The van der Waals surface area contributed by atoms with Gasteiger partial charge in [0.05, 0.1) is 6.10 Å². The van der Waals surface area contributed by atoms with Gasteiger partial charge in [-0.25, -0.2) is 0 Å². The lowest BCUT2D eigenvalue weighted by atomic mass is 9.92. The molecule has 0 aromatic heterocycles. The Morgan fingerprint density at radius 1 is 1.35 bits per heavy atom. The molecule has 2 rings (SSSR count). The second-order valence-corrected chi connectivity index (χ2v) is 6.03. The fourth-order valence-electron chi connectivity index (χ4n) is 2.73. The largest absolute Gasteiger partial charge is 0.388 e. The molecule has 1 aliphatic heterocycles. The molecule has 3 nitrogen and oxygen atoms in total. The van der Waals surface area contributed by atoms with Crippen molar-refractivity contribution in [2.75, 3.05) is 6.54 Å². The minimum absolute atomic E-state index is 0.203. The summed E-state index contributed by atoms with van der Waals surface area (Å²) in [5.41, 5.74) is 3.46. The van der Waals surface area contributed by atoms with Crippen molar-refractivity contribution in [2.45, 2.75) is 52.7 Å². The fourth-order valence-corrected chi connectivity index (χ4v) is 2.73.